The fourth-order valence-electron chi connectivity index (χ4n) is 2.38. The largest absolute Gasteiger partial charge is 0.329 e. The molecule has 1 saturated heterocycles. The Hall–Kier alpha value is -0.170. The van der Waals surface area contributed by atoms with Crippen LogP contribution in [0.4, 0.5) is 0 Å². The first kappa shape index (κ1) is 14.9. The molecule has 0 aromatic rings. The van der Waals surface area contributed by atoms with Gasteiger partial charge >= 0.3 is 0 Å². The second-order valence-electron chi connectivity index (χ2n) is 5.35. The average molecular weight is 263 g/mol. The smallest absolute Gasteiger partial charge is 0.152 e. The number of sulfone groups is 1. The van der Waals surface area contributed by atoms with Crippen LogP contribution in [0.2, 0.25) is 0 Å². The highest BCUT2D eigenvalue weighted by Crippen LogP contribution is 2.27. The first-order chi connectivity index (χ1) is 7.81. The molecule has 1 fully saturated rings. The summed E-state index contributed by atoms with van der Waals surface area (Å²) < 4.78 is 23.6. The zero-order chi connectivity index (χ0) is 13.1. The fourth-order valence-corrected chi connectivity index (χ4v) is 4.41. The van der Waals surface area contributed by atoms with E-state index >= 15 is 0 Å². The van der Waals surface area contributed by atoms with Crippen LogP contribution in [0.25, 0.3) is 0 Å². The molecule has 0 aliphatic carbocycles. The molecule has 1 aliphatic heterocycles. The first-order valence-corrected chi connectivity index (χ1v) is 7.90. The summed E-state index contributed by atoms with van der Waals surface area (Å²) in [5, 5.41) is 0. The highest BCUT2D eigenvalue weighted by atomic mass is 32.2. The van der Waals surface area contributed by atoms with Gasteiger partial charge in [0.15, 0.2) is 9.84 Å². The van der Waals surface area contributed by atoms with Gasteiger partial charge < -0.3 is 10.6 Å². The number of nitrogens with zero attached hydrogens (tertiary/aromatic N) is 2. The third-order valence-electron chi connectivity index (χ3n) is 3.66. The molecule has 0 radical (unpaired) electrons. The minimum absolute atomic E-state index is 0.209. The third-order valence-corrected chi connectivity index (χ3v) is 5.55. The summed E-state index contributed by atoms with van der Waals surface area (Å²) in [4.78, 5) is 4.22. The molecule has 0 saturated carbocycles. The van der Waals surface area contributed by atoms with Crippen molar-refractivity contribution in [1.82, 2.24) is 9.80 Å². The molecule has 0 amide bonds. The van der Waals surface area contributed by atoms with Crippen LogP contribution in [0.5, 0.6) is 0 Å². The molecular weight excluding hydrogens is 238 g/mol. The van der Waals surface area contributed by atoms with Gasteiger partial charge in [0.05, 0.1) is 11.5 Å². The van der Waals surface area contributed by atoms with Crippen molar-refractivity contribution in [2.45, 2.75) is 18.4 Å². The maximum absolute atomic E-state index is 11.8. The zero-order valence-corrected chi connectivity index (χ0v) is 12.0. The molecule has 1 aliphatic rings. The van der Waals surface area contributed by atoms with Gasteiger partial charge in [0.2, 0.25) is 0 Å². The van der Waals surface area contributed by atoms with Gasteiger partial charge in [0.25, 0.3) is 0 Å². The lowest BCUT2D eigenvalue weighted by Crippen LogP contribution is -2.59. The van der Waals surface area contributed by atoms with Crippen LogP contribution < -0.4 is 5.73 Å². The van der Waals surface area contributed by atoms with E-state index in [9.17, 15) is 8.42 Å². The molecule has 1 rings (SSSR count). The van der Waals surface area contributed by atoms with E-state index in [1.165, 1.54) is 0 Å². The lowest BCUT2D eigenvalue weighted by molar-refractivity contribution is 0.122. The molecule has 17 heavy (non-hydrogen) atoms. The van der Waals surface area contributed by atoms with Gasteiger partial charge in [-0.3, -0.25) is 4.90 Å². The maximum Gasteiger partial charge on any atom is 0.152 e. The Morgan fingerprint density at radius 3 is 2.35 bits per heavy atom. The van der Waals surface area contributed by atoms with Crippen LogP contribution in [0.1, 0.15) is 12.8 Å². The molecule has 0 aromatic heterocycles. The van der Waals surface area contributed by atoms with E-state index in [1.807, 2.05) is 21.1 Å². The van der Waals surface area contributed by atoms with E-state index < -0.39 is 9.84 Å². The summed E-state index contributed by atoms with van der Waals surface area (Å²) in [6.45, 7) is 2.17. The summed E-state index contributed by atoms with van der Waals surface area (Å²) in [5.41, 5.74) is 5.49. The van der Waals surface area contributed by atoms with Crippen LogP contribution in [-0.4, -0.2) is 76.0 Å². The summed E-state index contributed by atoms with van der Waals surface area (Å²) in [6.07, 6.45) is 1.61. The number of rotatable bonds is 5. The van der Waals surface area contributed by atoms with Crippen LogP contribution in [0.15, 0.2) is 0 Å². The topological polar surface area (TPSA) is 66.6 Å². The first-order valence-electron chi connectivity index (χ1n) is 6.08. The van der Waals surface area contributed by atoms with Crippen LogP contribution in [0.3, 0.4) is 0 Å². The number of hydrogen-bond acceptors (Lipinski definition) is 5. The lowest BCUT2D eigenvalue weighted by Gasteiger charge is -2.43. The minimum atomic E-state index is -2.92. The maximum atomic E-state index is 11.8. The Morgan fingerprint density at radius 2 is 1.88 bits per heavy atom. The monoisotopic (exact) mass is 263 g/mol. The van der Waals surface area contributed by atoms with Crippen LogP contribution in [0, 0.1) is 0 Å². The molecule has 2 N–H and O–H groups in total. The summed E-state index contributed by atoms with van der Waals surface area (Å²) in [7, 11) is 3.09. The highest BCUT2D eigenvalue weighted by molar-refractivity contribution is 7.91. The van der Waals surface area contributed by atoms with Gasteiger partial charge in [-0.05, 0) is 34.0 Å². The highest BCUT2D eigenvalue weighted by Gasteiger charge is 2.40. The van der Waals surface area contributed by atoms with E-state index in [0.717, 1.165) is 25.9 Å². The molecule has 0 spiro atoms. The molecule has 6 heteroatoms. The van der Waals surface area contributed by atoms with Crippen molar-refractivity contribution in [1.29, 1.82) is 0 Å². The predicted octanol–water partition coefficient (Wildman–Crippen LogP) is -0.614. The van der Waals surface area contributed by atoms with Crippen LogP contribution >= 0.6 is 0 Å². The minimum Gasteiger partial charge on any atom is -0.329 e. The molecule has 0 aromatic carbocycles. The Balaban J connectivity index is 2.73. The van der Waals surface area contributed by atoms with Crippen molar-refractivity contribution in [2.24, 2.45) is 5.73 Å². The van der Waals surface area contributed by atoms with Gasteiger partial charge in [-0.15, -0.1) is 0 Å². The van der Waals surface area contributed by atoms with E-state index in [1.54, 1.807) is 0 Å². The quantitative estimate of drug-likeness (QED) is 0.716. The van der Waals surface area contributed by atoms with Crippen molar-refractivity contribution < 1.29 is 8.42 Å². The Labute approximate surface area is 105 Å². The number of hydrogen-bond donors (Lipinski definition) is 1. The van der Waals surface area contributed by atoms with Gasteiger partial charge in [-0.1, -0.05) is 0 Å². The van der Waals surface area contributed by atoms with Gasteiger partial charge in [0.1, 0.15) is 0 Å². The van der Waals surface area contributed by atoms with E-state index in [4.69, 9.17) is 5.73 Å². The average Bonchev–Trinajstić information content (AvgIpc) is 2.24. The Kier molecular flexibility index (Phi) is 4.95. The van der Waals surface area contributed by atoms with Crippen LogP contribution in [-0.2, 0) is 9.84 Å². The van der Waals surface area contributed by atoms with Crippen molar-refractivity contribution >= 4 is 9.84 Å². The number of nitrogens with two attached hydrogens (primary N) is 1. The van der Waals surface area contributed by atoms with Crippen molar-refractivity contribution in [3.05, 3.63) is 0 Å². The van der Waals surface area contributed by atoms with Gasteiger partial charge in [0, 0.05) is 25.2 Å². The Bertz CT molecular complexity index is 343. The fraction of sp³-hybridized carbons (Fsp3) is 1.00. The molecule has 1 atom stereocenters. The van der Waals surface area contributed by atoms with Gasteiger partial charge in [-0.25, -0.2) is 8.42 Å². The van der Waals surface area contributed by atoms with Crippen molar-refractivity contribution in [3.8, 4) is 0 Å². The molecular formula is C11H25N3O2S. The van der Waals surface area contributed by atoms with E-state index in [2.05, 4.69) is 9.80 Å². The summed E-state index contributed by atoms with van der Waals surface area (Å²) in [5.74, 6) is 0.525. The van der Waals surface area contributed by atoms with Crippen molar-refractivity contribution in [3.63, 3.8) is 0 Å². The zero-order valence-electron chi connectivity index (χ0n) is 11.1. The lowest BCUT2D eigenvalue weighted by atomic mass is 9.93. The normalized spacial score (nSPS) is 28.8. The summed E-state index contributed by atoms with van der Waals surface area (Å²) in [6, 6.07) is 0. The Morgan fingerprint density at radius 1 is 1.24 bits per heavy atom. The van der Waals surface area contributed by atoms with E-state index in [0.29, 0.717) is 12.3 Å². The standard InChI is InChI=1S/C11H25N3O2S/c1-13(2)6-7-14(3)11(9-12)5-4-8-17(15,16)10-11/h4-10,12H2,1-3H3. The molecule has 1 unspecified atom stereocenters. The SMILES string of the molecule is CN(C)CCN(C)C1(CN)CCCS(=O)(=O)C1. The van der Waals surface area contributed by atoms with E-state index in [-0.39, 0.29) is 11.3 Å². The van der Waals surface area contributed by atoms with Gasteiger partial charge in [-0.2, -0.15) is 0 Å². The molecule has 0 bridgehead atoms. The van der Waals surface area contributed by atoms with Crippen molar-refractivity contribution in [2.75, 3.05) is 52.3 Å². The molecule has 102 valence electrons. The molecule has 1 heterocycles. The third kappa shape index (κ3) is 3.91. The predicted molar refractivity (Wildman–Crippen MR) is 70.9 cm³/mol. The second-order valence-corrected chi connectivity index (χ2v) is 7.53. The second kappa shape index (κ2) is 5.65. The summed E-state index contributed by atoms with van der Waals surface area (Å²) >= 11 is 0. The number of likely N-dealkylation sites (N-methyl/N-ethyl adjacent to an activating group) is 2. The molecule has 5 nitrogen and oxygen atoms in total.